The molecule has 3 N–H and O–H groups in total. The number of hydrogen-bond donors (Lipinski definition) is 2. The van der Waals surface area contributed by atoms with E-state index in [1.807, 2.05) is 6.07 Å². The second-order valence-electron chi connectivity index (χ2n) is 6.46. The Morgan fingerprint density at radius 2 is 1.92 bits per heavy atom. The van der Waals surface area contributed by atoms with Crippen LogP contribution in [0.3, 0.4) is 0 Å². The van der Waals surface area contributed by atoms with Gasteiger partial charge >= 0.3 is 0 Å². The van der Waals surface area contributed by atoms with Crippen molar-refractivity contribution in [3.05, 3.63) is 36.0 Å². The molecule has 0 aromatic heterocycles. The van der Waals surface area contributed by atoms with Crippen molar-refractivity contribution in [2.75, 3.05) is 10.6 Å². The summed E-state index contributed by atoms with van der Waals surface area (Å²) in [5.74, 6) is -0.612. The van der Waals surface area contributed by atoms with Gasteiger partial charge in [0.05, 0.1) is 5.69 Å². The van der Waals surface area contributed by atoms with Crippen molar-refractivity contribution in [3.63, 3.8) is 0 Å². The maximum Gasteiger partial charge on any atom is 0.277 e. The van der Waals surface area contributed by atoms with Gasteiger partial charge in [0.1, 0.15) is 11.6 Å². The van der Waals surface area contributed by atoms with E-state index in [9.17, 15) is 14.9 Å². The highest BCUT2D eigenvalue weighted by Gasteiger charge is 2.25. The fraction of sp³-hybridized carbons (Fsp3) is 0.421. The van der Waals surface area contributed by atoms with Gasteiger partial charge in [-0.25, -0.2) is 4.90 Å². The van der Waals surface area contributed by atoms with Crippen molar-refractivity contribution >= 4 is 23.2 Å². The molecule has 1 aliphatic rings. The Labute approximate surface area is 148 Å². The van der Waals surface area contributed by atoms with Gasteiger partial charge in [-0.05, 0) is 43.0 Å². The van der Waals surface area contributed by atoms with Gasteiger partial charge in [0.2, 0.25) is 5.91 Å². The molecule has 6 nitrogen and oxygen atoms in total. The Morgan fingerprint density at radius 1 is 1.28 bits per heavy atom. The lowest BCUT2D eigenvalue weighted by atomic mass is 9.86. The monoisotopic (exact) mass is 340 g/mol. The van der Waals surface area contributed by atoms with Crippen LogP contribution in [0.5, 0.6) is 0 Å². The van der Waals surface area contributed by atoms with E-state index in [2.05, 4.69) is 12.2 Å². The summed E-state index contributed by atoms with van der Waals surface area (Å²) < 4.78 is 0. The van der Waals surface area contributed by atoms with Crippen molar-refractivity contribution in [1.29, 1.82) is 5.26 Å². The number of hydrogen-bond acceptors (Lipinski definition) is 5. The Hall–Kier alpha value is -2.81. The number of nitrogen functional groups attached to an aromatic ring is 1. The first-order chi connectivity index (χ1) is 11.9. The first-order valence-electron chi connectivity index (χ1n) is 8.51. The van der Waals surface area contributed by atoms with Crippen LogP contribution in [0.25, 0.3) is 0 Å². The number of anilines is 2. The highest BCUT2D eigenvalue weighted by molar-refractivity contribution is 6.21. The zero-order valence-electron chi connectivity index (χ0n) is 14.7. The molecule has 25 heavy (non-hydrogen) atoms. The van der Waals surface area contributed by atoms with Crippen LogP contribution in [0.4, 0.5) is 11.4 Å². The molecule has 0 aliphatic heterocycles. The zero-order valence-corrected chi connectivity index (χ0v) is 14.7. The van der Waals surface area contributed by atoms with Crippen LogP contribution in [0, 0.1) is 17.2 Å². The van der Waals surface area contributed by atoms with Gasteiger partial charge in [0, 0.05) is 24.9 Å². The van der Waals surface area contributed by atoms with Crippen molar-refractivity contribution < 1.29 is 9.59 Å². The normalized spacial score (nSPS) is 20.4. The molecule has 1 aromatic carbocycles. The Balaban J connectivity index is 2.20. The standard InChI is InChI=1S/C19H24N4O2/c1-13-5-3-4-6-18(13)22-12-15(11-20)19(25)23(14(2)24)17-9-7-16(21)8-10-17/h7-10,12-13,18,22H,3-6,21H2,1-2H3/b15-12-. The maximum absolute atomic E-state index is 12.7. The van der Waals surface area contributed by atoms with E-state index in [4.69, 9.17) is 5.73 Å². The number of carbonyl (C=O) groups is 2. The summed E-state index contributed by atoms with van der Waals surface area (Å²) >= 11 is 0. The Kier molecular flexibility index (Phi) is 6.18. The molecule has 1 fully saturated rings. The van der Waals surface area contributed by atoms with Crippen molar-refractivity contribution in [2.45, 2.75) is 45.6 Å². The predicted molar refractivity (Wildman–Crippen MR) is 97.3 cm³/mol. The van der Waals surface area contributed by atoms with Crippen LogP contribution in [0.15, 0.2) is 36.0 Å². The molecular weight excluding hydrogens is 316 g/mol. The lowest BCUT2D eigenvalue weighted by Crippen LogP contribution is -2.38. The Morgan fingerprint density at radius 3 is 2.48 bits per heavy atom. The molecule has 0 saturated heterocycles. The minimum Gasteiger partial charge on any atom is -0.399 e. The summed E-state index contributed by atoms with van der Waals surface area (Å²) in [5, 5.41) is 12.6. The fourth-order valence-corrected chi connectivity index (χ4v) is 3.08. The van der Waals surface area contributed by atoms with Crippen LogP contribution in [0.1, 0.15) is 39.5 Å². The predicted octanol–water partition coefficient (Wildman–Crippen LogP) is 2.72. The SMILES string of the molecule is CC(=O)N(C(=O)/C(C#N)=C\NC1CCCCC1C)c1ccc(N)cc1. The first kappa shape index (κ1) is 18.5. The second-order valence-corrected chi connectivity index (χ2v) is 6.46. The summed E-state index contributed by atoms with van der Waals surface area (Å²) in [6.07, 6.45) is 5.94. The molecule has 2 rings (SSSR count). The number of amides is 2. The molecule has 1 aliphatic carbocycles. The number of nitrogens with zero attached hydrogens (tertiary/aromatic N) is 2. The third-order valence-electron chi connectivity index (χ3n) is 4.57. The molecule has 1 saturated carbocycles. The number of nitrogens with two attached hydrogens (primary N) is 1. The molecule has 0 bridgehead atoms. The van der Waals surface area contributed by atoms with Gasteiger partial charge in [-0.1, -0.05) is 19.8 Å². The van der Waals surface area contributed by atoms with E-state index < -0.39 is 11.8 Å². The van der Waals surface area contributed by atoms with E-state index in [0.29, 0.717) is 17.3 Å². The van der Waals surface area contributed by atoms with Gasteiger partial charge in [-0.2, -0.15) is 5.26 Å². The zero-order chi connectivity index (χ0) is 18.4. The molecule has 2 unspecified atom stereocenters. The number of benzene rings is 1. The van der Waals surface area contributed by atoms with E-state index in [1.165, 1.54) is 19.5 Å². The lowest BCUT2D eigenvalue weighted by molar-refractivity contribution is -0.123. The average Bonchev–Trinajstić information content (AvgIpc) is 2.58. The van der Waals surface area contributed by atoms with Gasteiger partial charge in [-0.15, -0.1) is 0 Å². The smallest absolute Gasteiger partial charge is 0.277 e. The minimum atomic E-state index is -0.643. The quantitative estimate of drug-likeness (QED) is 0.499. The van der Waals surface area contributed by atoms with Crippen LogP contribution in [-0.4, -0.2) is 17.9 Å². The summed E-state index contributed by atoms with van der Waals surface area (Å²) in [4.78, 5) is 25.7. The molecule has 132 valence electrons. The van der Waals surface area contributed by atoms with Crippen LogP contribution in [-0.2, 0) is 9.59 Å². The number of nitrogens with one attached hydrogen (secondary N) is 1. The molecule has 0 radical (unpaired) electrons. The summed E-state index contributed by atoms with van der Waals surface area (Å²) in [6.45, 7) is 3.45. The summed E-state index contributed by atoms with van der Waals surface area (Å²) in [5.41, 5.74) is 6.47. The topological polar surface area (TPSA) is 99.2 Å². The van der Waals surface area contributed by atoms with E-state index >= 15 is 0 Å². The van der Waals surface area contributed by atoms with E-state index in [-0.39, 0.29) is 11.6 Å². The molecular formula is C19H24N4O2. The molecule has 2 amide bonds. The third kappa shape index (κ3) is 4.60. The number of rotatable bonds is 4. The number of imide groups is 1. The lowest BCUT2D eigenvalue weighted by Gasteiger charge is -2.29. The minimum absolute atomic E-state index is 0.0928. The molecule has 2 atom stereocenters. The highest BCUT2D eigenvalue weighted by atomic mass is 16.2. The number of carbonyl (C=O) groups excluding carboxylic acids is 2. The number of nitriles is 1. The van der Waals surface area contributed by atoms with E-state index in [0.717, 1.165) is 24.2 Å². The first-order valence-corrected chi connectivity index (χ1v) is 8.51. The van der Waals surface area contributed by atoms with Gasteiger partial charge in [0.25, 0.3) is 5.91 Å². The van der Waals surface area contributed by atoms with Crippen LogP contribution >= 0.6 is 0 Å². The molecule has 6 heteroatoms. The molecule has 0 heterocycles. The van der Waals surface area contributed by atoms with Crippen molar-refractivity contribution in [1.82, 2.24) is 5.32 Å². The van der Waals surface area contributed by atoms with Gasteiger partial charge in [0.15, 0.2) is 0 Å². The average molecular weight is 340 g/mol. The summed E-state index contributed by atoms with van der Waals surface area (Å²) in [6, 6.07) is 8.53. The van der Waals surface area contributed by atoms with Crippen molar-refractivity contribution in [3.8, 4) is 6.07 Å². The van der Waals surface area contributed by atoms with Crippen molar-refractivity contribution in [2.24, 2.45) is 5.92 Å². The molecule has 1 aromatic rings. The second kappa shape index (κ2) is 8.34. The largest absolute Gasteiger partial charge is 0.399 e. The van der Waals surface area contributed by atoms with Gasteiger partial charge < -0.3 is 11.1 Å². The molecule has 0 spiro atoms. The van der Waals surface area contributed by atoms with E-state index in [1.54, 1.807) is 24.3 Å². The van der Waals surface area contributed by atoms with Crippen LogP contribution in [0.2, 0.25) is 0 Å². The fourth-order valence-electron chi connectivity index (χ4n) is 3.08. The third-order valence-corrected chi connectivity index (χ3v) is 4.57. The van der Waals surface area contributed by atoms with Crippen LogP contribution < -0.4 is 16.0 Å². The van der Waals surface area contributed by atoms with Gasteiger partial charge in [-0.3, -0.25) is 9.59 Å². The Bertz CT molecular complexity index is 703. The summed E-state index contributed by atoms with van der Waals surface area (Å²) in [7, 11) is 0. The maximum atomic E-state index is 12.7. The highest BCUT2D eigenvalue weighted by Crippen LogP contribution is 2.24.